The average molecular weight is 367 g/mol. The number of hydrogen-bond donors (Lipinski definition) is 3. The molecule has 0 spiro atoms. The van der Waals surface area contributed by atoms with Gasteiger partial charge < -0.3 is 16.3 Å². The molecule has 3 unspecified atom stereocenters. The Morgan fingerprint density at radius 2 is 2.32 bits per heavy atom. The molecule has 1 heterocycles. The Labute approximate surface area is 139 Å². The van der Waals surface area contributed by atoms with Gasteiger partial charge in [0.05, 0.1) is 11.9 Å². The number of pyridine rings is 1. The Balaban J connectivity index is 1.66. The van der Waals surface area contributed by atoms with Crippen molar-refractivity contribution in [3.63, 3.8) is 0 Å². The van der Waals surface area contributed by atoms with E-state index in [1.807, 2.05) is 6.20 Å². The highest BCUT2D eigenvalue weighted by molar-refractivity contribution is 9.10. The zero-order valence-electron chi connectivity index (χ0n) is 12.6. The lowest BCUT2D eigenvalue weighted by molar-refractivity contribution is 0.0666. The number of fused-ring (bicyclic) bond motifs is 2. The van der Waals surface area contributed by atoms with Gasteiger partial charge in [0.15, 0.2) is 0 Å². The molecule has 2 saturated carbocycles. The number of nitrogens with zero attached hydrogens (tertiary/aromatic N) is 2. The van der Waals surface area contributed by atoms with E-state index in [4.69, 9.17) is 10.9 Å². The summed E-state index contributed by atoms with van der Waals surface area (Å²) < 4.78 is 0.993. The van der Waals surface area contributed by atoms with E-state index < -0.39 is 0 Å². The molecule has 0 aliphatic heterocycles. The monoisotopic (exact) mass is 366 g/mol. The summed E-state index contributed by atoms with van der Waals surface area (Å²) in [6.45, 7) is 0.977. The lowest BCUT2D eigenvalue weighted by Crippen LogP contribution is -2.45. The maximum atomic E-state index is 8.97. The second-order valence-electron chi connectivity index (χ2n) is 6.77. The summed E-state index contributed by atoms with van der Waals surface area (Å²) in [4.78, 5) is 4.20. The Morgan fingerprint density at radius 3 is 3.09 bits per heavy atom. The van der Waals surface area contributed by atoms with Gasteiger partial charge in [0.25, 0.3) is 0 Å². The Bertz CT molecular complexity index is 565. The summed E-state index contributed by atoms with van der Waals surface area (Å²) in [6.07, 6.45) is 10.7. The van der Waals surface area contributed by atoms with Crippen molar-refractivity contribution in [3.8, 4) is 0 Å². The van der Waals surface area contributed by atoms with Crippen LogP contribution in [0, 0.1) is 17.3 Å². The van der Waals surface area contributed by atoms with Crippen molar-refractivity contribution in [3.05, 3.63) is 22.9 Å². The second-order valence-corrected chi connectivity index (χ2v) is 7.69. The molecule has 2 aliphatic rings. The molecule has 5 nitrogen and oxygen atoms in total. The summed E-state index contributed by atoms with van der Waals surface area (Å²) in [5.74, 6) is 1.23. The maximum absolute atomic E-state index is 8.97. The Morgan fingerprint density at radius 1 is 1.45 bits per heavy atom. The molecule has 3 rings (SSSR count). The third kappa shape index (κ3) is 3.21. The van der Waals surface area contributed by atoms with Crippen molar-refractivity contribution in [2.24, 2.45) is 28.1 Å². The predicted molar refractivity (Wildman–Crippen MR) is 91.0 cm³/mol. The lowest BCUT2D eigenvalue weighted by atomic mass is 9.58. The highest BCUT2D eigenvalue weighted by Gasteiger charge is 2.44. The first kappa shape index (κ1) is 15.6. The van der Waals surface area contributed by atoms with Crippen molar-refractivity contribution < 1.29 is 5.21 Å². The minimum atomic E-state index is 0.256. The predicted octanol–water partition coefficient (Wildman–Crippen LogP) is 3.59. The number of hydrogen-bond acceptors (Lipinski definition) is 4. The largest absolute Gasteiger partial charge is 0.409 e. The van der Waals surface area contributed by atoms with E-state index in [2.05, 4.69) is 37.5 Å². The molecule has 2 fully saturated rings. The minimum Gasteiger partial charge on any atom is -0.409 e. The number of aromatic nitrogens is 1. The second kappa shape index (κ2) is 6.44. The van der Waals surface area contributed by atoms with Crippen LogP contribution in [0.4, 0.5) is 5.69 Å². The molecule has 4 N–H and O–H groups in total. The van der Waals surface area contributed by atoms with Crippen LogP contribution >= 0.6 is 15.9 Å². The maximum Gasteiger partial charge on any atom is 0.142 e. The van der Waals surface area contributed by atoms with Gasteiger partial charge >= 0.3 is 0 Å². The van der Waals surface area contributed by atoms with E-state index in [0.29, 0.717) is 17.2 Å². The van der Waals surface area contributed by atoms with Crippen LogP contribution in [-0.4, -0.2) is 22.6 Å². The summed E-state index contributed by atoms with van der Waals surface area (Å²) in [5, 5.41) is 15.8. The highest BCUT2D eigenvalue weighted by Crippen LogP contribution is 2.51. The van der Waals surface area contributed by atoms with Gasteiger partial charge in [-0.15, -0.1) is 0 Å². The Kier molecular flexibility index (Phi) is 4.57. The number of oxime groups is 1. The molecule has 1 aromatic heterocycles. The zero-order valence-corrected chi connectivity index (χ0v) is 14.2. The lowest BCUT2D eigenvalue weighted by Gasteiger charge is -2.48. The van der Waals surface area contributed by atoms with Crippen LogP contribution in [-0.2, 0) is 0 Å². The first-order valence-electron chi connectivity index (χ1n) is 7.94. The molecule has 0 amide bonds. The zero-order chi connectivity index (χ0) is 15.6. The average Bonchev–Trinajstić information content (AvgIpc) is 2.53. The van der Waals surface area contributed by atoms with Crippen LogP contribution in [0.15, 0.2) is 28.1 Å². The fourth-order valence-corrected chi connectivity index (χ4v) is 4.64. The van der Waals surface area contributed by atoms with Crippen LogP contribution in [0.3, 0.4) is 0 Å². The fourth-order valence-electron chi connectivity index (χ4n) is 4.28. The summed E-state index contributed by atoms with van der Waals surface area (Å²) in [5.41, 5.74) is 7.28. The van der Waals surface area contributed by atoms with Crippen molar-refractivity contribution in [2.45, 2.75) is 38.5 Å². The van der Waals surface area contributed by atoms with Gasteiger partial charge in [-0.2, -0.15) is 0 Å². The first-order chi connectivity index (χ1) is 10.6. The number of nitrogens with two attached hydrogens (primary N) is 1. The number of amidine groups is 1. The summed E-state index contributed by atoms with van der Waals surface area (Å²) in [7, 11) is 0. The van der Waals surface area contributed by atoms with Crippen LogP contribution in [0.5, 0.6) is 0 Å². The normalized spacial score (nSPS) is 31.8. The quantitative estimate of drug-likeness (QED) is 0.329. The molecule has 120 valence electrons. The highest BCUT2D eigenvalue weighted by atomic mass is 79.9. The first-order valence-corrected chi connectivity index (χ1v) is 8.73. The topological polar surface area (TPSA) is 83.5 Å². The molecule has 6 heteroatoms. The minimum absolute atomic E-state index is 0.256. The number of halogens is 1. The molecule has 3 atom stereocenters. The van der Waals surface area contributed by atoms with E-state index in [1.165, 1.54) is 25.7 Å². The fraction of sp³-hybridized carbons (Fsp3) is 0.625. The van der Waals surface area contributed by atoms with E-state index in [-0.39, 0.29) is 5.92 Å². The van der Waals surface area contributed by atoms with Crippen molar-refractivity contribution >= 4 is 27.5 Å². The van der Waals surface area contributed by atoms with Crippen molar-refractivity contribution in [1.29, 1.82) is 0 Å². The number of nitrogens with one attached hydrogen (secondary N) is 1. The van der Waals surface area contributed by atoms with Crippen LogP contribution in [0.25, 0.3) is 0 Å². The number of rotatable bonds is 4. The van der Waals surface area contributed by atoms with E-state index >= 15 is 0 Å². The van der Waals surface area contributed by atoms with Gasteiger partial charge in [-0.3, -0.25) is 4.98 Å². The van der Waals surface area contributed by atoms with Crippen LogP contribution in [0.2, 0.25) is 0 Å². The summed E-state index contributed by atoms with van der Waals surface area (Å²) in [6, 6.07) is 2.06. The van der Waals surface area contributed by atoms with Crippen LogP contribution in [0.1, 0.15) is 38.5 Å². The molecule has 2 aliphatic carbocycles. The SMILES string of the molecule is N/C(=N\O)C1CCC2(CNc3cncc(Br)c3)CCCC1C2. The van der Waals surface area contributed by atoms with Crippen molar-refractivity contribution in [1.82, 2.24) is 4.98 Å². The van der Waals surface area contributed by atoms with Gasteiger partial charge in [0.1, 0.15) is 5.84 Å². The summed E-state index contributed by atoms with van der Waals surface area (Å²) >= 11 is 3.46. The molecule has 2 bridgehead atoms. The van der Waals surface area contributed by atoms with Gasteiger partial charge in [-0.25, -0.2) is 0 Å². The smallest absolute Gasteiger partial charge is 0.142 e. The van der Waals surface area contributed by atoms with E-state index in [0.717, 1.165) is 29.5 Å². The molecule has 22 heavy (non-hydrogen) atoms. The molecular weight excluding hydrogens is 344 g/mol. The third-order valence-electron chi connectivity index (χ3n) is 5.40. The molecule has 1 aromatic rings. The van der Waals surface area contributed by atoms with E-state index in [9.17, 15) is 0 Å². The van der Waals surface area contributed by atoms with Gasteiger partial charge in [0, 0.05) is 23.1 Å². The molecular formula is C16H23BrN4O. The third-order valence-corrected chi connectivity index (χ3v) is 5.83. The standard InChI is InChI=1S/C16H23BrN4O/c17-12-6-13(9-19-8-12)20-10-16-4-1-2-11(7-16)14(3-5-16)15(18)21-22/h6,8-9,11,14,20,22H,1-5,7,10H2,(H2,18,21). The van der Waals surface area contributed by atoms with Crippen molar-refractivity contribution in [2.75, 3.05) is 11.9 Å². The molecule has 0 saturated heterocycles. The van der Waals surface area contributed by atoms with Gasteiger partial charge in [-0.05, 0) is 65.4 Å². The Hall–Kier alpha value is -1.30. The molecule has 0 radical (unpaired) electrons. The number of anilines is 1. The molecule has 0 aromatic carbocycles. The van der Waals surface area contributed by atoms with E-state index in [1.54, 1.807) is 6.20 Å². The van der Waals surface area contributed by atoms with Crippen LogP contribution < -0.4 is 11.1 Å². The van der Waals surface area contributed by atoms with Gasteiger partial charge in [0.2, 0.25) is 0 Å². The van der Waals surface area contributed by atoms with Gasteiger partial charge in [-0.1, -0.05) is 11.6 Å².